The van der Waals surface area contributed by atoms with E-state index in [1.165, 1.54) is 5.56 Å². The maximum atomic E-state index is 5.83. The highest BCUT2D eigenvalue weighted by Crippen LogP contribution is 2.29. The van der Waals surface area contributed by atoms with Gasteiger partial charge in [-0.1, -0.05) is 45.0 Å². The molecule has 0 atom stereocenters. The molecule has 0 aliphatic rings. The van der Waals surface area contributed by atoms with E-state index in [2.05, 4.69) is 60.1 Å². The minimum atomic E-state index is 0.132. The molecule has 0 radical (unpaired) electrons. The number of aromatic nitrogens is 4. The monoisotopic (exact) mass is 281 g/mol. The Hall–Kier alpha value is -2.43. The molecule has 0 bridgehead atoms. The van der Waals surface area contributed by atoms with Crippen molar-refractivity contribution in [2.24, 2.45) is 7.05 Å². The molecule has 0 unspecified atom stereocenters. The molecule has 0 saturated carbocycles. The van der Waals surface area contributed by atoms with Crippen LogP contribution in [0.15, 0.2) is 30.5 Å². The number of fused-ring (bicyclic) bond motifs is 1. The van der Waals surface area contributed by atoms with Crippen LogP contribution in [-0.4, -0.2) is 19.7 Å². The lowest BCUT2D eigenvalue weighted by Gasteiger charge is -2.19. The van der Waals surface area contributed by atoms with E-state index in [0.29, 0.717) is 0 Å². The zero-order valence-electron chi connectivity index (χ0n) is 12.8. The highest BCUT2D eigenvalue weighted by molar-refractivity contribution is 5.90. The molecule has 0 aliphatic heterocycles. The van der Waals surface area contributed by atoms with Crippen molar-refractivity contribution in [3.8, 4) is 11.3 Å². The number of nitrogens with zero attached hydrogens (tertiary/aromatic N) is 4. The van der Waals surface area contributed by atoms with Gasteiger partial charge in [-0.15, -0.1) is 0 Å². The maximum absolute atomic E-state index is 5.83. The normalized spacial score (nSPS) is 12.0. The van der Waals surface area contributed by atoms with Crippen molar-refractivity contribution < 1.29 is 0 Å². The maximum Gasteiger partial charge on any atom is 0.222 e. The summed E-state index contributed by atoms with van der Waals surface area (Å²) in [5, 5.41) is 5.15. The van der Waals surface area contributed by atoms with Crippen LogP contribution in [0.4, 0.5) is 5.95 Å². The van der Waals surface area contributed by atoms with Crippen LogP contribution in [0.3, 0.4) is 0 Å². The molecule has 0 spiro atoms. The topological polar surface area (TPSA) is 69.6 Å². The molecule has 2 heterocycles. The van der Waals surface area contributed by atoms with Gasteiger partial charge in [0.15, 0.2) is 5.65 Å². The van der Waals surface area contributed by atoms with Crippen LogP contribution in [-0.2, 0) is 12.5 Å². The first kappa shape index (κ1) is 13.5. The lowest BCUT2D eigenvalue weighted by Crippen LogP contribution is -2.10. The summed E-state index contributed by atoms with van der Waals surface area (Å²) >= 11 is 0. The third kappa shape index (κ3) is 2.35. The largest absolute Gasteiger partial charge is 0.368 e. The number of rotatable bonds is 1. The third-order valence-corrected chi connectivity index (χ3v) is 3.63. The summed E-state index contributed by atoms with van der Waals surface area (Å²) < 4.78 is 1.71. The zero-order valence-corrected chi connectivity index (χ0v) is 12.8. The predicted molar refractivity (Wildman–Crippen MR) is 84.9 cm³/mol. The van der Waals surface area contributed by atoms with Gasteiger partial charge in [0.1, 0.15) is 0 Å². The van der Waals surface area contributed by atoms with Crippen molar-refractivity contribution in [2.45, 2.75) is 26.2 Å². The summed E-state index contributed by atoms with van der Waals surface area (Å²) in [4.78, 5) is 8.64. The molecular weight excluding hydrogens is 262 g/mol. The Morgan fingerprint density at radius 2 is 1.71 bits per heavy atom. The lowest BCUT2D eigenvalue weighted by atomic mass is 9.86. The van der Waals surface area contributed by atoms with Gasteiger partial charge >= 0.3 is 0 Å². The zero-order chi connectivity index (χ0) is 15.2. The summed E-state index contributed by atoms with van der Waals surface area (Å²) in [6, 6.07) is 8.43. The molecule has 3 aromatic rings. The van der Waals surface area contributed by atoms with E-state index in [4.69, 9.17) is 5.73 Å². The van der Waals surface area contributed by atoms with Crippen molar-refractivity contribution in [3.05, 3.63) is 36.0 Å². The van der Waals surface area contributed by atoms with E-state index < -0.39 is 0 Å². The molecule has 0 fully saturated rings. The molecule has 5 nitrogen and oxygen atoms in total. The minimum Gasteiger partial charge on any atom is -0.368 e. The van der Waals surface area contributed by atoms with E-state index in [0.717, 1.165) is 22.3 Å². The Labute approximate surface area is 123 Å². The van der Waals surface area contributed by atoms with E-state index >= 15 is 0 Å². The number of benzene rings is 1. The molecule has 108 valence electrons. The fourth-order valence-electron chi connectivity index (χ4n) is 2.39. The quantitative estimate of drug-likeness (QED) is 0.744. The first-order valence-electron chi connectivity index (χ1n) is 6.92. The van der Waals surface area contributed by atoms with Crippen LogP contribution in [0.2, 0.25) is 0 Å². The highest BCUT2D eigenvalue weighted by atomic mass is 15.3. The second-order valence-electron chi connectivity index (χ2n) is 6.26. The van der Waals surface area contributed by atoms with Gasteiger partial charge in [0.25, 0.3) is 0 Å². The highest BCUT2D eigenvalue weighted by Gasteiger charge is 2.15. The second kappa shape index (κ2) is 4.55. The number of nitrogen functional groups attached to an aromatic ring is 1. The van der Waals surface area contributed by atoms with Gasteiger partial charge in [0.05, 0.1) is 17.3 Å². The summed E-state index contributed by atoms with van der Waals surface area (Å²) in [5.74, 6) is 0.265. The van der Waals surface area contributed by atoms with Crippen LogP contribution >= 0.6 is 0 Å². The van der Waals surface area contributed by atoms with Crippen LogP contribution in [0.5, 0.6) is 0 Å². The van der Waals surface area contributed by atoms with Crippen LogP contribution in [0.25, 0.3) is 22.3 Å². The molecule has 2 aromatic heterocycles. The van der Waals surface area contributed by atoms with Gasteiger partial charge in [-0.05, 0) is 11.0 Å². The Bertz CT molecular complexity index is 794. The van der Waals surface area contributed by atoms with Crippen LogP contribution in [0.1, 0.15) is 26.3 Å². The summed E-state index contributed by atoms with van der Waals surface area (Å²) in [7, 11) is 1.85. The molecule has 0 saturated heterocycles. The predicted octanol–water partition coefficient (Wildman–Crippen LogP) is 2.91. The Morgan fingerprint density at radius 1 is 1.05 bits per heavy atom. The van der Waals surface area contributed by atoms with Crippen molar-refractivity contribution in [1.29, 1.82) is 0 Å². The summed E-state index contributed by atoms with van der Waals surface area (Å²) in [5.41, 5.74) is 9.84. The fourth-order valence-corrected chi connectivity index (χ4v) is 2.39. The standard InChI is InChI=1S/C16H19N5/c1-16(2,3)11-7-5-10(6-8-11)13-12-9-18-21(4)14(12)20-15(17)19-13/h5-9H,1-4H3,(H2,17,19,20). The SMILES string of the molecule is Cn1ncc2c(-c3ccc(C(C)(C)C)cc3)nc(N)nc21. The van der Waals surface area contributed by atoms with Crippen molar-refractivity contribution >= 4 is 17.0 Å². The fraction of sp³-hybridized carbons (Fsp3) is 0.312. The molecule has 2 N–H and O–H groups in total. The van der Waals surface area contributed by atoms with Crippen molar-refractivity contribution in [1.82, 2.24) is 19.7 Å². The average molecular weight is 281 g/mol. The Kier molecular flexibility index (Phi) is 2.93. The van der Waals surface area contributed by atoms with E-state index in [1.807, 2.05) is 7.05 Å². The van der Waals surface area contributed by atoms with Gasteiger partial charge in [-0.25, -0.2) is 4.98 Å². The van der Waals surface area contributed by atoms with Crippen molar-refractivity contribution in [2.75, 3.05) is 5.73 Å². The molecule has 5 heteroatoms. The molecule has 21 heavy (non-hydrogen) atoms. The van der Waals surface area contributed by atoms with Crippen LogP contribution < -0.4 is 5.73 Å². The second-order valence-corrected chi connectivity index (χ2v) is 6.26. The minimum absolute atomic E-state index is 0.132. The molecule has 0 amide bonds. The van der Waals surface area contributed by atoms with E-state index in [1.54, 1.807) is 10.9 Å². The van der Waals surface area contributed by atoms with Gasteiger partial charge in [-0.3, -0.25) is 4.68 Å². The Balaban J connectivity index is 2.16. The van der Waals surface area contributed by atoms with Crippen LogP contribution in [0, 0.1) is 0 Å². The Morgan fingerprint density at radius 3 is 2.33 bits per heavy atom. The number of anilines is 1. The number of aryl methyl sites for hydroxylation is 1. The average Bonchev–Trinajstić information content (AvgIpc) is 2.79. The number of hydrogen-bond acceptors (Lipinski definition) is 4. The molecule has 1 aromatic carbocycles. The van der Waals surface area contributed by atoms with E-state index in [-0.39, 0.29) is 11.4 Å². The van der Waals surface area contributed by atoms with Gasteiger partial charge in [0.2, 0.25) is 5.95 Å². The first-order chi connectivity index (χ1) is 9.86. The summed E-state index contributed by atoms with van der Waals surface area (Å²) in [6.45, 7) is 6.60. The first-order valence-corrected chi connectivity index (χ1v) is 6.92. The van der Waals surface area contributed by atoms with Crippen molar-refractivity contribution in [3.63, 3.8) is 0 Å². The van der Waals surface area contributed by atoms with Gasteiger partial charge in [0, 0.05) is 12.6 Å². The van der Waals surface area contributed by atoms with Gasteiger partial charge < -0.3 is 5.73 Å². The lowest BCUT2D eigenvalue weighted by molar-refractivity contribution is 0.590. The molecular formula is C16H19N5. The third-order valence-electron chi connectivity index (χ3n) is 3.63. The molecule has 0 aliphatic carbocycles. The number of hydrogen-bond donors (Lipinski definition) is 1. The summed E-state index contributed by atoms with van der Waals surface area (Å²) in [6.07, 6.45) is 1.78. The smallest absolute Gasteiger partial charge is 0.222 e. The molecule has 3 rings (SSSR count). The number of nitrogens with two attached hydrogens (primary N) is 1. The van der Waals surface area contributed by atoms with E-state index in [9.17, 15) is 0 Å². The van der Waals surface area contributed by atoms with Gasteiger partial charge in [-0.2, -0.15) is 10.1 Å².